The third-order valence-corrected chi connectivity index (χ3v) is 4.27. The summed E-state index contributed by atoms with van der Waals surface area (Å²) in [7, 11) is 0. The van der Waals surface area contributed by atoms with Crippen molar-refractivity contribution in [3.05, 3.63) is 29.8 Å². The molecule has 2 amide bonds. The van der Waals surface area contributed by atoms with Gasteiger partial charge in [0, 0.05) is 25.2 Å². The van der Waals surface area contributed by atoms with Crippen molar-refractivity contribution in [1.29, 1.82) is 0 Å². The fourth-order valence-electron chi connectivity index (χ4n) is 3.14. The lowest BCUT2D eigenvalue weighted by Crippen LogP contribution is -2.41. The van der Waals surface area contributed by atoms with Crippen LogP contribution in [-0.4, -0.2) is 42.3 Å². The molecule has 1 aromatic carbocycles. The minimum atomic E-state index is -0.0233. The number of carbonyl (C=O) groups is 1. The molecule has 5 nitrogen and oxygen atoms in total. The smallest absolute Gasteiger partial charge is 0.317 e. The second-order valence-corrected chi connectivity index (χ2v) is 6.52. The summed E-state index contributed by atoms with van der Waals surface area (Å²) in [4.78, 5) is 14.4. The number of aliphatic hydroxyl groups is 1. The maximum absolute atomic E-state index is 12.4. The van der Waals surface area contributed by atoms with Crippen molar-refractivity contribution in [3.8, 4) is 5.75 Å². The van der Waals surface area contributed by atoms with Crippen LogP contribution in [0.4, 0.5) is 4.79 Å². The first kappa shape index (κ1) is 17.6. The van der Waals surface area contributed by atoms with Gasteiger partial charge in [-0.1, -0.05) is 32.0 Å². The number of urea groups is 1. The number of benzene rings is 1. The molecule has 2 atom stereocenters. The first-order valence-electron chi connectivity index (χ1n) is 8.44. The zero-order chi connectivity index (χ0) is 16.7. The molecule has 2 unspecified atom stereocenters. The molecule has 1 heterocycles. The average Bonchev–Trinajstić information content (AvgIpc) is 2.71. The quantitative estimate of drug-likeness (QED) is 0.877. The molecular formula is C18H28N2O3. The zero-order valence-corrected chi connectivity index (χ0v) is 14.1. The number of nitrogens with zero attached hydrogens (tertiary/aromatic N) is 1. The van der Waals surface area contributed by atoms with Gasteiger partial charge in [0.1, 0.15) is 12.4 Å². The van der Waals surface area contributed by atoms with E-state index in [1.165, 1.54) is 6.42 Å². The number of amides is 2. The first-order valence-corrected chi connectivity index (χ1v) is 8.44. The third kappa shape index (κ3) is 5.43. The Labute approximate surface area is 138 Å². The van der Waals surface area contributed by atoms with Crippen LogP contribution in [0.15, 0.2) is 24.3 Å². The van der Waals surface area contributed by atoms with Crippen LogP contribution in [0.5, 0.6) is 5.75 Å². The second-order valence-electron chi connectivity index (χ2n) is 6.52. The molecule has 128 valence electrons. The van der Waals surface area contributed by atoms with Crippen LogP contribution < -0.4 is 10.1 Å². The molecule has 0 bridgehead atoms. The molecule has 1 aliphatic rings. The van der Waals surface area contributed by atoms with Crippen LogP contribution in [0.3, 0.4) is 0 Å². The van der Waals surface area contributed by atoms with E-state index in [0.29, 0.717) is 24.1 Å². The van der Waals surface area contributed by atoms with E-state index in [0.717, 1.165) is 25.1 Å². The monoisotopic (exact) mass is 320 g/mol. The molecule has 0 spiro atoms. The molecule has 1 aliphatic heterocycles. The van der Waals surface area contributed by atoms with Gasteiger partial charge in [0.15, 0.2) is 0 Å². The average molecular weight is 320 g/mol. The molecule has 2 N–H and O–H groups in total. The van der Waals surface area contributed by atoms with Crippen molar-refractivity contribution in [2.24, 2.45) is 11.8 Å². The van der Waals surface area contributed by atoms with Gasteiger partial charge in [0.05, 0.1) is 6.61 Å². The summed E-state index contributed by atoms with van der Waals surface area (Å²) >= 11 is 0. The highest BCUT2D eigenvalue weighted by Crippen LogP contribution is 2.22. The van der Waals surface area contributed by atoms with Crippen molar-refractivity contribution < 1.29 is 14.6 Å². The lowest BCUT2D eigenvalue weighted by molar-refractivity contribution is 0.191. The van der Waals surface area contributed by atoms with E-state index in [1.54, 1.807) is 0 Å². The van der Waals surface area contributed by atoms with Crippen molar-refractivity contribution in [2.75, 3.05) is 26.3 Å². The van der Waals surface area contributed by atoms with Gasteiger partial charge in [-0.15, -0.1) is 0 Å². The summed E-state index contributed by atoms with van der Waals surface area (Å²) in [5.74, 6) is 1.92. The minimum Gasteiger partial charge on any atom is -0.491 e. The lowest BCUT2D eigenvalue weighted by atomic mass is 9.97. The number of para-hydroxylation sites is 1. The molecule has 1 aromatic rings. The Morgan fingerprint density at radius 3 is 2.91 bits per heavy atom. The number of ether oxygens (including phenoxy) is 1. The Morgan fingerprint density at radius 2 is 2.13 bits per heavy atom. The first-order chi connectivity index (χ1) is 11.1. The van der Waals surface area contributed by atoms with Crippen LogP contribution in [0.2, 0.25) is 0 Å². The van der Waals surface area contributed by atoms with E-state index in [4.69, 9.17) is 9.84 Å². The number of carbonyl (C=O) groups excluding carboxylic acids is 1. The summed E-state index contributed by atoms with van der Waals surface area (Å²) < 4.78 is 5.50. The number of aliphatic hydroxyl groups excluding tert-OH is 1. The maximum Gasteiger partial charge on any atom is 0.317 e. The minimum absolute atomic E-state index is 0.0112. The molecule has 0 radical (unpaired) electrons. The van der Waals surface area contributed by atoms with Gasteiger partial charge in [0.25, 0.3) is 0 Å². The Hall–Kier alpha value is -1.75. The van der Waals surface area contributed by atoms with Gasteiger partial charge in [-0.3, -0.25) is 0 Å². The van der Waals surface area contributed by atoms with E-state index in [1.807, 2.05) is 29.2 Å². The predicted octanol–water partition coefficient (Wildman–Crippen LogP) is 2.64. The molecule has 2 rings (SSSR count). The van der Waals surface area contributed by atoms with Crippen molar-refractivity contribution in [2.45, 2.75) is 33.2 Å². The fraction of sp³-hybridized carbons (Fsp3) is 0.611. The van der Waals surface area contributed by atoms with Gasteiger partial charge >= 0.3 is 6.03 Å². The predicted molar refractivity (Wildman–Crippen MR) is 90.4 cm³/mol. The Kier molecular flexibility index (Phi) is 6.71. The van der Waals surface area contributed by atoms with Crippen molar-refractivity contribution >= 4 is 6.03 Å². The fourth-order valence-corrected chi connectivity index (χ4v) is 3.14. The highest BCUT2D eigenvalue weighted by molar-refractivity contribution is 5.74. The number of likely N-dealkylation sites (tertiary alicyclic amines) is 1. The standard InChI is InChI=1S/C18H28N2O3/c1-14-7-8-20(13-15(2)11-14)18(22)19-12-16-5-3-4-6-17(16)23-10-9-21/h3-6,14-15,21H,7-13H2,1-2H3,(H,19,22). The highest BCUT2D eigenvalue weighted by atomic mass is 16.5. The van der Waals surface area contributed by atoms with Gasteiger partial charge < -0.3 is 20.1 Å². The van der Waals surface area contributed by atoms with E-state index >= 15 is 0 Å². The summed E-state index contributed by atoms with van der Waals surface area (Å²) in [6, 6.07) is 7.58. The molecule has 5 heteroatoms. The largest absolute Gasteiger partial charge is 0.491 e. The Bertz CT molecular complexity index is 507. The van der Waals surface area contributed by atoms with E-state index < -0.39 is 0 Å². The van der Waals surface area contributed by atoms with E-state index in [-0.39, 0.29) is 19.2 Å². The third-order valence-electron chi connectivity index (χ3n) is 4.27. The summed E-state index contributed by atoms with van der Waals surface area (Å²) in [5.41, 5.74) is 0.922. The number of hydrogen-bond donors (Lipinski definition) is 2. The van der Waals surface area contributed by atoms with Crippen molar-refractivity contribution in [3.63, 3.8) is 0 Å². The summed E-state index contributed by atoms with van der Waals surface area (Å²) in [6.07, 6.45) is 2.25. The van der Waals surface area contributed by atoms with Crippen LogP contribution in [0.1, 0.15) is 32.3 Å². The molecule has 23 heavy (non-hydrogen) atoms. The van der Waals surface area contributed by atoms with Crippen LogP contribution in [-0.2, 0) is 6.54 Å². The molecule has 1 fully saturated rings. The molecule has 0 aromatic heterocycles. The van der Waals surface area contributed by atoms with Crippen LogP contribution >= 0.6 is 0 Å². The Balaban J connectivity index is 1.91. The summed E-state index contributed by atoms with van der Waals surface area (Å²) in [6.45, 7) is 6.77. The van der Waals surface area contributed by atoms with Gasteiger partial charge in [-0.2, -0.15) is 0 Å². The van der Waals surface area contributed by atoms with E-state index in [2.05, 4.69) is 19.2 Å². The molecular weight excluding hydrogens is 292 g/mol. The van der Waals surface area contributed by atoms with Gasteiger partial charge in [-0.05, 0) is 30.7 Å². The lowest BCUT2D eigenvalue weighted by Gasteiger charge is -2.23. The van der Waals surface area contributed by atoms with Crippen LogP contribution in [0.25, 0.3) is 0 Å². The van der Waals surface area contributed by atoms with Crippen LogP contribution in [0, 0.1) is 11.8 Å². The molecule has 0 aliphatic carbocycles. The number of nitrogens with one attached hydrogen (secondary N) is 1. The molecule has 0 saturated carbocycles. The summed E-state index contributed by atoms with van der Waals surface area (Å²) in [5, 5.41) is 11.9. The maximum atomic E-state index is 12.4. The normalized spacial score (nSPS) is 21.6. The zero-order valence-electron chi connectivity index (χ0n) is 14.1. The topological polar surface area (TPSA) is 61.8 Å². The van der Waals surface area contributed by atoms with E-state index in [9.17, 15) is 4.79 Å². The van der Waals surface area contributed by atoms with Gasteiger partial charge in [0.2, 0.25) is 0 Å². The Morgan fingerprint density at radius 1 is 1.35 bits per heavy atom. The van der Waals surface area contributed by atoms with Crippen molar-refractivity contribution in [1.82, 2.24) is 10.2 Å². The highest BCUT2D eigenvalue weighted by Gasteiger charge is 2.22. The van der Waals surface area contributed by atoms with Gasteiger partial charge in [-0.25, -0.2) is 4.79 Å². The number of hydrogen-bond acceptors (Lipinski definition) is 3. The number of rotatable bonds is 5. The second kappa shape index (κ2) is 8.77. The molecule has 1 saturated heterocycles. The SMILES string of the molecule is CC1CCN(C(=O)NCc2ccccc2OCCO)CC(C)C1.